The van der Waals surface area contributed by atoms with Gasteiger partial charge in [-0.25, -0.2) is 4.98 Å². The van der Waals surface area contributed by atoms with E-state index in [4.69, 9.17) is 32.9 Å². The van der Waals surface area contributed by atoms with Crippen molar-refractivity contribution in [2.45, 2.75) is 6.42 Å². The maximum atomic E-state index is 6.15. The van der Waals surface area contributed by atoms with E-state index in [0.717, 1.165) is 59.3 Å². The van der Waals surface area contributed by atoms with E-state index in [1.165, 1.54) is 0 Å². The van der Waals surface area contributed by atoms with Crippen molar-refractivity contribution in [2.75, 3.05) is 37.9 Å². The molecule has 10 heteroatoms. The van der Waals surface area contributed by atoms with E-state index in [0.29, 0.717) is 10.9 Å². The number of hydrogen-bond acceptors (Lipinski definition) is 4. The minimum Gasteiger partial charge on any atom is -0.497 e. The molecule has 2 N–H and O–H groups in total. The molecular formula is C19H25Cl6N3O. The largest absolute Gasteiger partial charge is 0.497 e. The Kier molecular flexibility index (Phi) is 16.1. The van der Waals surface area contributed by atoms with Gasteiger partial charge in [0, 0.05) is 34.8 Å². The molecule has 3 rings (SSSR count). The van der Waals surface area contributed by atoms with Crippen LogP contribution in [-0.2, 0) is 0 Å². The Morgan fingerprint density at radius 1 is 0.897 bits per heavy atom. The van der Waals surface area contributed by atoms with Gasteiger partial charge in [0.15, 0.2) is 0 Å². The number of ether oxygens (including phenoxy) is 1. The van der Waals surface area contributed by atoms with Gasteiger partial charge in [-0.2, -0.15) is 0 Å². The minimum absolute atomic E-state index is 0. The molecule has 0 spiro atoms. The second-order valence-corrected chi connectivity index (χ2v) is 6.57. The van der Waals surface area contributed by atoms with Crippen molar-refractivity contribution in [3.05, 3.63) is 41.4 Å². The number of halogens is 6. The first-order chi connectivity index (χ1) is 12.2. The summed E-state index contributed by atoms with van der Waals surface area (Å²) >= 11 is 11.8. The molecule has 0 amide bonds. The minimum atomic E-state index is 0. The third-order valence-electron chi connectivity index (χ3n) is 4.05. The predicted octanol–water partition coefficient (Wildman–Crippen LogP) is 6.37. The molecular weight excluding hydrogens is 499 g/mol. The molecule has 0 radical (unpaired) electrons. The summed E-state index contributed by atoms with van der Waals surface area (Å²) in [6.45, 7) is 2.61. The first kappa shape index (κ1) is 30.6. The molecule has 0 saturated heterocycles. The Bertz CT molecular complexity index is 881. The molecule has 0 unspecified atom stereocenters. The van der Waals surface area contributed by atoms with Gasteiger partial charge in [0.05, 0.1) is 23.8 Å². The van der Waals surface area contributed by atoms with E-state index in [2.05, 4.69) is 10.6 Å². The fourth-order valence-electron chi connectivity index (χ4n) is 2.83. The molecule has 0 bridgehead atoms. The van der Waals surface area contributed by atoms with Crippen molar-refractivity contribution in [3.63, 3.8) is 0 Å². The Balaban J connectivity index is 0. The average Bonchev–Trinajstić information content (AvgIpc) is 2.63. The zero-order chi connectivity index (χ0) is 17.6. The number of aromatic nitrogens is 1. The van der Waals surface area contributed by atoms with E-state index < -0.39 is 0 Å². The highest BCUT2D eigenvalue weighted by Crippen LogP contribution is 2.34. The summed E-state index contributed by atoms with van der Waals surface area (Å²) in [6.07, 6.45) is 1.000. The van der Waals surface area contributed by atoms with Gasteiger partial charge in [-0.3, -0.25) is 0 Å². The first-order valence-electron chi connectivity index (χ1n) is 8.30. The third kappa shape index (κ3) is 7.87. The molecule has 0 saturated carbocycles. The molecule has 0 aliphatic heterocycles. The van der Waals surface area contributed by atoms with Crippen molar-refractivity contribution in [2.24, 2.45) is 0 Å². The number of nitrogens with zero attached hydrogens (tertiary/aromatic N) is 1. The normalized spacial score (nSPS) is 9.62. The van der Waals surface area contributed by atoms with Gasteiger partial charge in [-0.15, -0.1) is 61.2 Å². The molecule has 0 fully saturated rings. The van der Waals surface area contributed by atoms with Crippen molar-refractivity contribution in [1.29, 1.82) is 0 Å². The number of benzene rings is 2. The highest BCUT2D eigenvalue weighted by Gasteiger charge is 2.10. The Hall–Kier alpha value is -0.590. The topological polar surface area (TPSA) is 46.2 Å². The van der Waals surface area contributed by atoms with Crippen LogP contribution in [0.2, 0.25) is 5.02 Å². The van der Waals surface area contributed by atoms with Gasteiger partial charge in [0.25, 0.3) is 0 Å². The van der Waals surface area contributed by atoms with E-state index in [1.807, 2.05) is 36.4 Å². The Morgan fingerprint density at radius 2 is 1.66 bits per heavy atom. The second-order valence-electron chi connectivity index (χ2n) is 5.75. The van der Waals surface area contributed by atoms with Crippen LogP contribution in [0.3, 0.4) is 0 Å². The molecule has 3 aromatic rings. The SMILES string of the molecule is COc1ccc2nc3cc(Cl)ccc3c(NCCCNCCCl)c2c1.Cl.Cl.Cl.Cl. The van der Waals surface area contributed by atoms with Gasteiger partial charge in [0.1, 0.15) is 5.75 Å². The lowest BCUT2D eigenvalue weighted by Gasteiger charge is -2.14. The molecule has 4 nitrogen and oxygen atoms in total. The van der Waals surface area contributed by atoms with Crippen LogP contribution in [0.1, 0.15) is 6.42 Å². The number of hydrogen-bond donors (Lipinski definition) is 2. The highest BCUT2D eigenvalue weighted by atomic mass is 35.5. The van der Waals surface area contributed by atoms with Crippen LogP contribution in [0.4, 0.5) is 5.69 Å². The number of fused-ring (bicyclic) bond motifs is 2. The Morgan fingerprint density at radius 3 is 2.34 bits per heavy atom. The van der Waals surface area contributed by atoms with Crippen LogP contribution in [-0.4, -0.2) is 37.6 Å². The maximum Gasteiger partial charge on any atom is 0.119 e. The highest BCUT2D eigenvalue weighted by molar-refractivity contribution is 6.31. The molecule has 0 aliphatic carbocycles. The van der Waals surface area contributed by atoms with E-state index >= 15 is 0 Å². The third-order valence-corrected chi connectivity index (χ3v) is 4.47. The van der Waals surface area contributed by atoms with Crippen molar-refractivity contribution < 1.29 is 4.74 Å². The quantitative estimate of drug-likeness (QED) is 0.205. The second kappa shape index (κ2) is 15.2. The Labute approximate surface area is 206 Å². The number of methoxy groups -OCH3 is 1. The van der Waals surface area contributed by atoms with E-state index in [9.17, 15) is 0 Å². The fraction of sp³-hybridized carbons (Fsp3) is 0.316. The van der Waals surface area contributed by atoms with Crippen LogP contribution < -0.4 is 15.4 Å². The number of rotatable bonds is 8. The lowest BCUT2D eigenvalue weighted by Crippen LogP contribution is -2.20. The van der Waals surface area contributed by atoms with Crippen LogP contribution in [0, 0.1) is 0 Å². The molecule has 29 heavy (non-hydrogen) atoms. The maximum absolute atomic E-state index is 6.15. The van der Waals surface area contributed by atoms with Gasteiger partial charge >= 0.3 is 0 Å². The smallest absolute Gasteiger partial charge is 0.119 e. The van der Waals surface area contributed by atoms with E-state index in [1.54, 1.807) is 7.11 Å². The van der Waals surface area contributed by atoms with Crippen molar-refractivity contribution >= 4 is 100 Å². The number of pyridine rings is 1. The number of alkyl halides is 1. The van der Waals surface area contributed by atoms with Crippen LogP contribution in [0.15, 0.2) is 36.4 Å². The molecule has 0 atom stereocenters. The summed E-state index contributed by atoms with van der Waals surface area (Å²) < 4.78 is 5.38. The van der Waals surface area contributed by atoms with Gasteiger partial charge in [0.2, 0.25) is 0 Å². The average molecular weight is 524 g/mol. The molecule has 2 aromatic carbocycles. The summed E-state index contributed by atoms with van der Waals surface area (Å²) in [5.41, 5.74) is 2.86. The standard InChI is InChI=1S/C19H21Cl2N3O.4ClH/c1-25-14-4-6-17-16(12-14)19(23-9-2-8-22-10-7-20)15-5-3-13(21)11-18(15)24-17;;;;/h3-6,11-12,22H,2,7-10H2,1H3,(H,23,24);4*1H. The summed E-state index contributed by atoms with van der Waals surface area (Å²) in [4.78, 5) is 4.74. The van der Waals surface area contributed by atoms with Crippen LogP contribution >= 0.6 is 72.8 Å². The van der Waals surface area contributed by atoms with Crippen LogP contribution in [0.5, 0.6) is 5.75 Å². The lowest BCUT2D eigenvalue weighted by atomic mass is 10.1. The fourth-order valence-corrected chi connectivity index (χ4v) is 3.13. The van der Waals surface area contributed by atoms with Gasteiger partial charge < -0.3 is 15.4 Å². The summed E-state index contributed by atoms with van der Waals surface area (Å²) in [6, 6.07) is 11.7. The molecule has 1 heterocycles. The molecule has 0 aliphatic rings. The predicted molar refractivity (Wildman–Crippen MR) is 136 cm³/mol. The van der Waals surface area contributed by atoms with E-state index in [-0.39, 0.29) is 49.6 Å². The molecule has 164 valence electrons. The lowest BCUT2D eigenvalue weighted by molar-refractivity contribution is 0.415. The summed E-state index contributed by atoms with van der Waals surface area (Å²) in [5, 5.41) is 9.65. The summed E-state index contributed by atoms with van der Waals surface area (Å²) in [5.74, 6) is 1.45. The van der Waals surface area contributed by atoms with Crippen molar-refractivity contribution in [3.8, 4) is 5.75 Å². The zero-order valence-corrected chi connectivity index (χ0v) is 20.5. The molecule has 1 aromatic heterocycles. The monoisotopic (exact) mass is 521 g/mol. The first-order valence-corrected chi connectivity index (χ1v) is 9.22. The summed E-state index contributed by atoms with van der Waals surface area (Å²) in [7, 11) is 1.67. The van der Waals surface area contributed by atoms with Crippen LogP contribution in [0.25, 0.3) is 21.8 Å². The zero-order valence-electron chi connectivity index (χ0n) is 15.7. The van der Waals surface area contributed by atoms with Gasteiger partial charge in [-0.1, -0.05) is 11.6 Å². The number of nitrogens with one attached hydrogen (secondary N) is 2. The number of anilines is 1. The van der Waals surface area contributed by atoms with Gasteiger partial charge in [-0.05, 0) is 49.4 Å². The van der Waals surface area contributed by atoms with Crippen molar-refractivity contribution in [1.82, 2.24) is 10.3 Å².